The minimum atomic E-state index is -2.41. The van der Waals surface area contributed by atoms with E-state index in [2.05, 4.69) is 11.6 Å². The fraction of sp³-hybridized carbons (Fsp3) is 0.448. The zero-order valence-electron chi connectivity index (χ0n) is 21.6. The van der Waals surface area contributed by atoms with Crippen LogP contribution in [0.1, 0.15) is 68.7 Å². The molecule has 8 heteroatoms. The molecule has 1 aliphatic carbocycles. The number of nitrogens with zero attached hydrogens (tertiary/aromatic N) is 1. The summed E-state index contributed by atoms with van der Waals surface area (Å²) in [5, 5.41) is 1.08. The van der Waals surface area contributed by atoms with Gasteiger partial charge >= 0.3 is 5.97 Å². The van der Waals surface area contributed by atoms with Crippen LogP contribution in [0.25, 0.3) is 10.9 Å². The Hall–Kier alpha value is -2.81. The summed E-state index contributed by atoms with van der Waals surface area (Å²) in [6.07, 6.45) is 7.26. The molecule has 0 aliphatic heterocycles. The summed E-state index contributed by atoms with van der Waals surface area (Å²) in [6, 6.07) is 17.6. The number of benzene rings is 2. The molecule has 2 atom stereocenters. The first-order chi connectivity index (χ1) is 18.0. The highest BCUT2D eigenvalue weighted by Gasteiger charge is 2.49. The molecule has 3 aromatic rings. The van der Waals surface area contributed by atoms with E-state index in [1.54, 1.807) is 0 Å². The van der Waals surface area contributed by atoms with Gasteiger partial charge in [0.05, 0.1) is 18.3 Å². The topological polar surface area (TPSA) is 97.8 Å². The van der Waals surface area contributed by atoms with Crippen LogP contribution in [0.4, 0.5) is 0 Å². The first-order valence-electron chi connectivity index (χ1n) is 13.1. The highest BCUT2D eigenvalue weighted by molar-refractivity contribution is 7.77. The molecule has 1 heterocycles. The largest absolute Gasteiger partial charge is 0.487 e. The van der Waals surface area contributed by atoms with Gasteiger partial charge in [-0.15, -0.1) is 0 Å². The maximum Gasteiger partial charge on any atom is 0.331 e. The lowest BCUT2D eigenvalue weighted by Gasteiger charge is -2.38. The predicted octanol–water partition coefficient (Wildman–Crippen LogP) is 5.83. The summed E-state index contributed by atoms with van der Waals surface area (Å²) in [5.41, 5.74) is 1.90. The number of ether oxygens (including phenoxy) is 2. The lowest BCUT2D eigenvalue weighted by molar-refractivity contribution is -0.151. The summed E-state index contributed by atoms with van der Waals surface area (Å²) in [7, 11) is 1.33. The minimum Gasteiger partial charge on any atom is -0.487 e. The standard InChI is InChI=1S/C29H36N2O5S/c1-3-10-22-19-24(29(28(32)35-2,31-37(33)34)23-12-6-4-5-7-13-23)16-18-27(22)36-20-25-17-15-21-11-8-9-14-26(21)30-25/h8-9,11,14-19,23,31H,3-7,10,12-13,20H2,1-2H3,(H,33,34). The van der Waals surface area contributed by atoms with E-state index in [0.29, 0.717) is 17.9 Å². The Balaban J connectivity index is 1.69. The summed E-state index contributed by atoms with van der Waals surface area (Å²) in [6.45, 7) is 2.39. The van der Waals surface area contributed by atoms with Crippen molar-refractivity contribution in [3.05, 3.63) is 71.4 Å². The molecule has 198 valence electrons. The highest BCUT2D eigenvalue weighted by atomic mass is 32.2. The highest BCUT2D eigenvalue weighted by Crippen LogP contribution is 2.41. The number of aromatic nitrogens is 1. The van der Waals surface area contributed by atoms with Gasteiger partial charge in [0.25, 0.3) is 0 Å². The Labute approximate surface area is 221 Å². The Kier molecular flexibility index (Phi) is 9.29. The third kappa shape index (κ3) is 6.20. The first kappa shape index (κ1) is 27.2. The normalized spacial score (nSPS) is 17.1. The fourth-order valence-electron chi connectivity index (χ4n) is 5.49. The number of pyridine rings is 1. The molecule has 4 rings (SSSR count). The Morgan fingerprint density at radius 3 is 2.57 bits per heavy atom. The number of methoxy groups -OCH3 is 1. The van der Waals surface area contributed by atoms with Crippen molar-refractivity contribution >= 4 is 28.1 Å². The second-order valence-electron chi connectivity index (χ2n) is 9.70. The van der Waals surface area contributed by atoms with Crippen molar-refractivity contribution in [2.45, 2.75) is 70.4 Å². The van der Waals surface area contributed by atoms with Crippen molar-refractivity contribution in [2.24, 2.45) is 5.92 Å². The van der Waals surface area contributed by atoms with Gasteiger partial charge < -0.3 is 9.47 Å². The summed E-state index contributed by atoms with van der Waals surface area (Å²) < 4.78 is 36.2. The van der Waals surface area contributed by atoms with Gasteiger partial charge in [0, 0.05) is 5.39 Å². The zero-order valence-corrected chi connectivity index (χ0v) is 22.4. The number of nitrogens with one attached hydrogen (secondary N) is 1. The second-order valence-corrected chi connectivity index (χ2v) is 10.4. The van der Waals surface area contributed by atoms with Gasteiger partial charge in [-0.05, 0) is 60.6 Å². The number of para-hydroxylation sites is 1. The number of hydrogen-bond acceptors (Lipinski definition) is 5. The molecule has 2 unspecified atom stereocenters. The first-order valence-corrected chi connectivity index (χ1v) is 14.2. The van der Waals surface area contributed by atoms with Gasteiger partial charge in [-0.1, -0.05) is 69.4 Å². The third-order valence-electron chi connectivity index (χ3n) is 7.29. The van der Waals surface area contributed by atoms with Crippen LogP contribution in [0, 0.1) is 5.92 Å². The van der Waals surface area contributed by atoms with Crippen molar-refractivity contribution in [3.63, 3.8) is 0 Å². The zero-order chi connectivity index (χ0) is 26.3. The minimum absolute atomic E-state index is 0.165. The molecule has 7 nitrogen and oxygen atoms in total. The number of fused-ring (bicyclic) bond motifs is 1. The molecular formula is C29H36N2O5S. The van der Waals surface area contributed by atoms with Crippen LogP contribution in [0.2, 0.25) is 0 Å². The van der Waals surface area contributed by atoms with Crippen molar-refractivity contribution in [3.8, 4) is 5.75 Å². The fourth-order valence-corrected chi connectivity index (χ4v) is 6.13. The Morgan fingerprint density at radius 1 is 1.11 bits per heavy atom. The predicted molar refractivity (Wildman–Crippen MR) is 145 cm³/mol. The van der Waals surface area contributed by atoms with Crippen LogP contribution >= 0.6 is 0 Å². The molecule has 1 aliphatic rings. The summed E-state index contributed by atoms with van der Waals surface area (Å²) >= 11 is -2.41. The molecule has 0 bridgehead atoms. The van der Waals surface area contributed by atoms with E-state index < -0.39 is 22.8 Å². The lowest BCUT2D eigenvalue weighted by atomic mass is 9.74. The maximum absolute atomic E-state index is 13.4. The number of carbonyl (C=O) groups excluding carboxylic acids is 1. The van der Waals surface area contributed by atoms with Crippen LogP contribution in [0.15, 0.2) is 54.6 Å². The summed E-state index contributed by atoms with van der Waals surface area (Å²) in [5.74, 6) is 0.00480. The Bertz CT molecular complexity index is 1240. The molecular weight excluding hydrogens is 488 g/mol. The molecule has 1 aromatic heterocycles. The van der Waals surface area contributed by atoms with E-state index in [9.17, 15) is 13.6 Å². The van der Waals surface area contributed by atoms with Crippen molar-refractivity contribution in [1.29, 1.82) is 0 Å². The average Bonchev–Trinajstić information content (AvgIpc) is 3.20. The smallest absolute Gasteiger partial charge is 0.331 e. The van der Waals surface area contributed by atoms with E-state index in [0.717, 1.165) is 73.5 Å². The van der Waals surface area contributed by atoms with E-state index in [4.69, 9.17) is 14.5 Å². The van der Waals surface area contributed by atoms with Gasteiger partial charge in [0.15, 0.2) is 5.54 Å². The molecule has 0 saturated heterocycles. The van der Waals surface area contributed by atoms with E-state index in [-0.39, 0.29) is 5.92 Å². The number of rotatable bonds is 10. The number of hydrogen-bond donors (Lipinski definition) is 2. The molecule has 0 amide bonds. The molecule has 2 N–H and O–H groups in total. The lowest BCUT2D eigenvalue weighted by Crippen LogP contribution is -2.55. The van der Waals surface area contributed by atoms with Crippen molar-refractivity contribution < 1.29 is 23.0 Å². The quantitative estimate of drug-likeness (QED) is 0.197. The van der Waals surface area contributed by atoms with Crippen LogP contribution in [-0.4, -0.2) is 26.8 Å². The summed E-state index contributed by atoms with van der Waals surface area (Å²) in [4.78, 5) is 18.1. The second kappa shape index (κ2) is 12.6. The molecule has 0 spiro atoms. The van der Waals surface area contributed by atoms with Crippen LogP contribution in [0.3, 0.4) is 0 Å². The number of carbonyl (C=O) groups is 1. The van der Waals surface area contributed by atoms with Crippen LogP contribution in [0.5, 0.6) is 5.75 Å². The molecule has 1 saturated carbocycles. The van der Waals surface area contributed by atoms with Crippen LogP contribution < -0.4 is 9.46 Å². The Morgan fingerprint density at radius 2 is 1.86 bits per heavy atom. The van der Waals surface area contributed by atoms with Gasteiger partial charge in [-0.2, -0.15) is 4.72 Å². The van der Waals surface area contributed by atoms with E-state index >= 15 is 0 Å². The third-order valence-corrected chi connectivity index (χ3v) is 7.79. The van der Waals surface area contributed by atoms with Crippen LogP contribution in [-0.2, 0) is 39.4 Å². The van der Waals surface area contributed by atoms with E-state index in [1.165, 1.54) is 7.11 Å². The maximum atomic E-state index is 13.4. The van der Waals surface area contributed by atoms with Crippen molar-refractivity contribution in [1.82, 2.24) is 9.71 Å². The van der Waals surface area contributed by atoms with Crippen molar-refractivity contribution in [2.75, 3.05) is 7.11 Å². The average molecular weight is 525 g/mol. The van der Waals surface area contributed by atoms with Gasteiger partial charge in [-0.3, -0.25) is 4.55 Å². The monoisotopic (exact) mass is 524 g/mol. The molecule has 2 aromatic carbocycles. The number of esters is 1. The number of aryl methyl sites for hydroxylation is 1. The van der Waals surface area contributed by atoms with Gasteiger partial charge in [0.1, 0.15) is 12.4 Å². The SMILES string of the molecule is CCCc1cc(C(NS(=O)O)(C(=O)OC)C2CCCCCC2)ccc1OCc1ccc2ccccc2n1. The molecule has 0 radical (unpaired) electrons. The van der Waals surface area contributed by atoms with Gasteiger partial charge in [-0.25, -0.2) is 14.0 Å². The van der Waals surface area contributed by atoms with E-state index in [1.807, 2.05) is 54.6 Å². The van der Waals surface area contributed by atoms with Gasteiger partial charge in [0.2, 0.25) is 11.3 Å². The molecule has 1 fully saturated rings. The molecule has 37 heavy (non-hydrogen) atoms.